The molecule has 0 aliphatic heterocycles. The SMILES string of the molecule is Cc1cccc(C)c1-n1c(-c2c(C)ccc3c2oc2cnccc23)[n+](C)c2ccccc21. The lowest BCUT2D eigenvalue weighted by Gasteiger charge is -2.11. The lowest BCUT2D eigenvalue weighted by molar-refractivity contribution is -0.633. The van der Waals surface area contributed by atoms with Crippen LogP contribution in [0.4, 0.5) is 0 Å². The van der Waals surface area contributed by atoms with Gasteiger partial charge in [0.15, 0.2) is 22.2 Å². The van der Waals surface area contributed by atoms with Gasteiger partial charge in [-0.05, 0) is 55.7 Å². The number of aromatic nitrogens is 3. The van der Waals surface area contributed by atoms with E-state index in [2.05, 4.69) is 96.5 Å². The zero-order valence-corrected chi connectivity index (χ0v) is 18.7. The minimum Gasteiger partial charge on any atom is -0.453 e. The van der Waals surface area contributed by atoms with Gasteiger partial charge in [-0.15, -0.1) is 0 Å². The number of pyridine rings is 1. The number of hydrogen-bond donors (Lipinski definition) is 0. The molecule has 6 rings (SSSR count). The first-order chi connectivity index (χ1) is 15.6. The average Bonchev–Trinajstić information content (AvgIpc) is 3.30. The van der Waals surface area contributed by atoms with E-state index in [0.717, 1.165) is 33.3 Å². The standard InChI is InChI=1S/C28H24N3O/c1-17-12-13-21-20-14-15-29-16-24(20)32-27(21)25(17)28-30(4)22-10-5-6-11-23(22)31(28)26-18(2)8-7-9-19(26)3/h5-16H,1-4H3/q+1. The molecule has 0 fully saturated rings. The molecule has 0 unspecified atom stereocenters. The van der Waals surface area contributed by atoms with E-state index >= 15 is 0 Å². The highest BCUT2D eigenvalue weighted by Crippen LogP contribution is 2.39. The number of nitrogens with zero attached hydrogens (tertiary/aromatic N) is 3. The van der Waals surface area contributed by atoms with Crippen LogP contribution in [0.3, 0.4) is 0 Å². The van der Waals surface area contributed by atoms with E-state index in [1.807, 2.05) is 12.3 Å². The number of fused-ring (bicyclic) bond motifs is 4. The maximum Gasteiger partial charge on any atom is 0.299 e. The summed E-state index contributed by atoms with van der Waals surface area (Å²) in [6.45, 7) is 6.52. The topological polar surface area (TPSA) is 34.8 Å². The van der Waals surface area contributed by atoms with Crippen molar-refractivity contribution in [2.45, 2.75) is 20.8 Å². The van der Waals surface area contributed by atoms with E-state index in [4.69, 9.17) is 4.42 Å². The van der Waals surface area contributed by atoms with E-state index in [1.54, 1.807) is 6.20 Å². The molecule has 0 radical (unpaired) electrons. The second-order valence-corrected chi connectivity index (χ2v) is 8.56. The molecular formula is C28H24N3O+. The average molecular weight is 419 g/mol. The van der Waals surface area contributed by atoms with Crippen molar-refractivity contribution in [3.8, 4) is 17.1 Å². The van der Waals surface area contributed by atoms with E-state index < -0.39 is 0 Å². The largest absolute Gasteiger partial charge is 0.453 e. The van der Waals surface area contributed by atoms with Gasteiger partial charge in [0.1, 0.15) is 11.3 Å². The number of rotatable bonds is 2. The summed E-state index contributed by atoms with van der Waals surface area (Å²) in [5, 5.41) is 2.20. The van der Waals surface area contributed by atoms with Crippen LogP contribution in [0.15, 0.2) is 77.5 Å². The summed E-state index contributed by atoms with van der Waals surface area (Å²) in [6.07, 6.45) is 3.62. The van der Waals surface area contributed by atoms with Crippen LogP contribution in [0, 0.1) is 20.8 Å². The van der Waals surface area contributed by atoms with Crippen LogP contribution in [0.5, 0.6) is 0 Å². The smallest absolute Gasteiger partial charge is 0.299 e. The summed E-state index contributed by atoms with van der Waals surface area (Å²) < 4.78 is 11.1. The minimum absolute atomic E-state index is 0.812. The fraction of sp³-hybridized carbons (Fsp3) is 0.143. The van der Waals surface area contributed by atoms with Gasteiger partial charge in [0.2, 0.25) is 0 Å². The van der Waals surface area contributed by atoms with Gasteiger partial charge in [0, 0.05) is 17.0 Å². The van der Waals surface area contributed by atoms with E-state index in [1.165, 1.54) is 33.4 Å². The fourth-order valence-corrected chi connectivity index (χ4v) is 5.05. The number of benzene rings is 3. The van der Waals surface area contributed by atoms with Gasteiger partial charge in [0.05, 0.1) is 13.2 Å². The van der Waals surface area contributed by atoms with Gasteiger partial charge in [-0.3, -0.25) is 4.98 Å². The van der Waals surface area contributed by atoms with E-state index in [0.29, 0.717) is 0 Å². The Balaban J connectivity index is 1.84. The van der Waals surface area contributed by atoms with Crippen molar-refractivity contribution in [2.24, 2.45) is 7.05 Å². The monoisotopic (exact) mass is 418 g/mol. The predicted molar refractivity (Wildman–Crippen MR) is 129 cm³/mol. The highest BCUT2D eigenvalue weighted by atomic mass is 16.3. The van der Waals surface area contributed by atoms with E-state index in [-0.39, 0.29) is 0 Å². The molecule has 156 valence electrons. The number of hydrogen-bond acceptors (Lipinski definition) is 2. The predicted octanol–water partition coefficient (Wildman–Crippen LogP) is 6.34. The molecular weight excluding hydrogens is 394 g/mol. The molecule has 0 bridgehead atoms. The lowest BCUT2D eigenvalue weighted by atomic mass is 10.0. The summed E-state index contributed by atoms with van der Waals surface area (Å²) in [6, 6.07) is 21.5. The van der Waals surface area contributed by atoms with Crippen molar-refractivity contribution in [1.82, 2.24) is 9.55 Å². The summed E-state index contributed by atoms with van der Waals surface area (Å²) in [4.78, 5) is 4.27. The maximum absolute atomic E-state index is 6.43. The number of aryl methyl sites for hydroxylation is 4. The summed E-state index contributed by atoms with van der Waals surface area (Å²) in [5.41, 5.74) is 10.1. The van der Waals surface area contributed by atoms with Gasteiger partial charge in [-0.2, -0.15) is 4.57 Å². The molecule has 4 heteroatoms. The molecule has 0 spiro atoms. The number of furan rings is 1. The summed E-state index contributed by atoms with van der Waals surface area (Å²) in [5.74, 6) is 1.11. The molecule has 0 saturated heterocycles. The third-order valence-electron chi connectivity index (χ3n) is 6.55. The van der Waals surface area contributed by atoms with Crippen LogP contribution >= 0.6 is 0 Å². The Labute approximate surface area is 186 Å². The van der Waals surface area contributed by atoms with Gasteiger partial charge < -0.3 is 4.42 Å². The highest BCUT2D eigenvalue weighted by molar-refractivity contribution is 6.09. The first kappa shape index (κ1) is 18.8. The van der Waals surface area contributed by atoms with Crippen LogP contribution in [0.1, 0.15) is 16.7 Å². The molecule has 0 aliphatic rings. The number of imidazole rings is 1. The van der Waals surface area contributed by atoms with Gasteiger partial charge >= 0.3 is 0 Å². The molecule has 0 saturated carbocycles. The third-order valence-corrected chi connectivity index (χ3v) is 6.55. The molecule has 3 aromatic heterocycles. The molecule has 0 amide bonds. The molecule has 3 heterocycles. The summed E-state index contributed by atoms with van der Waals surface area (Å²) >= 11 is 0. The van der Waals surface area contributed by atoms with Gasteiger partial charge in [0.25, 0.3) is 5.82 Å². The zero-order valence-electron chi connectivity index (χ0n) is 18.7. The Morgan fingerprint density at radius 1 is 0.812 bits per heavy atom. The molecule has 32 heavy (non-hydrogen) atoms. The van der Waals surface area contributed by atoms with Crippen molar-refractivity contribution >= 4 is 33.0 Å². The third kappa shape index (κ3) is 2.50. The summed E-state index contributed by atoms with van der Waals surface area (Å²) in [7, 11) is 2.14. The van der Waals surface area contributed by atoms with Crippen molar-refractivity contribution < 1.29 is 8.98 Å². The second-order valence-electron chi connectivity index (χ2n) is 8.56. The molecule has 3 aromatic carbocycles. The van der Waals surface area contributed by atoms with Crippen LogP contribution < -0.4 is 4.57 Å². The quantitative estimate of drug-likeness (QED) is 0.308. The van der Waals surface area contributed by atoms with Crippen molar-refractivity contribution in [3.05, 3.63) is 89.7 Å². The minimum atomic E-state index is 0.812. The fourth-order valence-electron chi connectivity index (χ4n) is 5.05. The molecule has 0 N–H and O–H groups in total. The Hall–Kier alpha value is -3.92. The van der Waals surface area contributed by atoms with Crippen LogP contribution in [0.2, 0.25) is 0 Å². The molecule has 4 nitrogen and oxygen atoms in total. The Morgan fingerprint density at radius 2 is 1.59 bits per heavy atom. The Morgan fingerprint density at radius 3 is 2.41 bits per heavy atom. The van der Waals surface area contributed by atoms with E-state index in [9.17, 15) is 0 Å². The first-order valence-electron chi connectivity index (χ1n) is 10.9. The molecule has 0 aliphatic carbocycles. The van der Waals surface area contributed by atoms with Crippen molar-refractivity contribution in [3.63, 3.8) is 0 Å². The first-order valence-corrected chi connectivity index (χ1v) is 10.9. The van der Waals surface area contributed by atoms with Crippen LogP contribution in [-0.4, -0.2) is 9.55 Å². The normalized spacial score (nSPS) is 11.8. The van der Waals surface area contributed by atoms with Crippen LogP contribution in [0.25, 0.3) is 50.0 Å². The maximum atomic E-state index is 6.43. The Bertz CT molecular complexity index is 1650. The van der Waals surface area contributed by atoms with Crippen molar-refractivity contribution in [1.29, 1.82) is 0 Å². The molecule has 0 atom stereocenters. The number of para-hydroxylation sites is 3. The zero-order chi connectivity index (χ0) is 22.0. The van der Waals surface area contributed by atoms with Crippen LogP contribution in [-0.2, 0) is 7.05 Å². The highest BCUT2D eigenvalue weighted by Gasteiger charge is 2.31. The van der Waals surface area contributed by atoms with Gasteiger partial charge in [-0.1, -0.05) is 42.5 Å². The van der Waals surface area contributed by atoms with Gasteiger partial charge in [-0.25, -0.2) is 4.57 Å². The van der Waals surface area contributed by atoms with Crippen molar-refractivity contribution in [2.75, 3.05) is 0 Å². The molecule has 6 aromatic rings. The second kappa shape index (κ2) is 6.79. The lowest BCUT2D eigenvalue weighted by Crippen LogP contribution is -2.30. The Kier molecular flexibility index (Phi) is 3.99.